The average Bonchev–Trinajstić information content (AvgIpc) is 2.97. The molecule has 8 nitrogen and oxygen atoms in total. The van der Waals surface area contributed by atoms with Gasteiger partial charge in [-0.2, -0.15) is 0 Å². The molecular weight excluding hydrogens is 334 g/mol. The normalized spacial score (nSPS) is 10.8. The summed E-state index contributed by atoms with van der Waals surface area (Å²) in [5.74, 6) is 0.519. The van der Waals surface area contributed by atoms with Gasteiger partial charge in [-0.15, -0.1) is 0 Å². The number of benzene rings is 1. The molecule has 3 N–H and O–H groups in total. The molecule has 0 radical (unpaired) electrons. The maximum atomic E-state index is 11.7. The Morgan fingerprint density at radius 3 is 2.50 bits per heavy atom. The van der Waals surface area contributed by atoms with E-state index in [0.717, 1.165) is 5.56 Å². The van der Waals surface area contributed by atoms with Crippen LogP contribution in [0.5, 0.6) is 0 Å². The lowest BCUT2D eigenvalue weighted by Gasteiger charge is -2.08. The first-order valence-electron chi connectivity index (χ1n) is 8.12. The maximum absolute atomic E-state index is 11.7. The van der Waals surface area contributed by atoms with Crippen molar-refractivity contribution in [3.05, 3.63) is 36.5 Å². The molecule has 3 aromatic rings. The number of fused-ring (bicyclic) bond motifs is 1. The molecule has 0 saturated heterocycles. The molecule has 8 heteroatoms. The standard InChI is InChI=1S/C18H19N5O3/c1-10(2)26-18(25)21-14-8-15-17(19-9-14)23-16(22-15)12-4-6-13(7-5-12)20-11(3)24/h4-10H,1-3H3,(H,20,24)(H,21,25)(H,19,22,23). The van der Waals surface area contributed by atoms with Crippen LogP contribution in [-0.4, -0.2) is 33.1 Å². The summed E-state index contributed by atoms with van der Waals surface area (Å²) in [6.45, 7) is 5.01. The van der Waals surface area contributed by atoms with E-state index in [-0.39, 0.29) is 12.0 Å². The Balaban J connectivity index is 1.80. The average molecular weight is 353 g/mol. The highest BCUT2D eigenvalue weighted by Crippen LogP contribution is 2.23. The first-order chi connectivity index (χ1) is 12.4. The van der Waals surface area contributed by atoms with E-state index >= 15 is 0 Å². The second-order valence-electron chi connectivity index (χ2n) is 6.01. The number of hydrogen-bond donors (Lipinski definition) is 3. The van der Waals surface area contributed by atoms with Crippen LogP contribution in [0.25, 0.3) is 22.6 Å². The van der Waals surface area contributed by atoms with Gasteiger partial charge in [-0.3, -0.25) is 10.1 Å². The van der Waals surface area contributed by atoms with Gasteiger partial charge in [0.05, 0.1) is 18.0 Å². The van der Waals surface area contributed by atoms with Crippen LogP contribution >= 0.6 is 0 Å². The molecule has 0 atom stereocenters. The molecule has 0 bridgehead atoms. The Kier molecular flexibility index (Phi) is 4.83. The third-order valence-corrected chi connectivity index (χ3v) is 3.40. The van der Waals surface area contributed by atoms with Gasteiger partial charge < -0.3 is 15.0 Å². The lowest BCUT2D eigenvalue weighted by atomic mass is 10.2. The summed E-state index contributed by atoms with van der Waals surface area (Å²) in [6, 6.07) is 9.01. The molecule has 0 saturated carbocycles. The number of nitrogens with zero attached hydrogens (tertiary/aromatic N) is 2. The quantitative estimate of drug-likeness (QED) is 0.665. The molecule has 26 heavy (non-hydrogen) atoms. The third kappa shape index (κ3) is 4.15. The third-order valence-electron chi connectivity index (χ3n) is 3.40. The predicted molar refractivity (Wildman–Crippen MR) is 98.9 cm³/mol. The monoisotopic (exact) mass is 353 g/mol. The van der Waals surface area contributed by atoms with Crippen molar-refractivity contribution < 1.29 is 14.3 Å². The number of carbonyl (C=O) groups is 2. The van der Waals surface area contributed by atoms with Gasteiger partial charge in [-0.05, 0) is 44.2 Å². The van der Waals surface area contributed by atoms with E-state index in [1.54, 1.807) is 32.0 Å². The predicted octanol–water partition coefficient (Wildman–Crippen LogP) is 3.54. The van der Waals surface area contributed by atoms with Gasteiger partial charge in [0.2, 0.25) is 5.91 Å². The number of imidazole rings is 1. The van der Waals surface area contributed by atoms with Crippen LogP contribution in [0, 0.1) is 0 Å². The van der Waals surface area contributed by atoms with Crippen molar-refractivity contribution in [3.8, 4) is 11.4 Å². The molecule has 0 fully saturated rings. The highest BCUT2D eigenvalue weighted by molar-refractivity contribution is 5.89. The smallest absolute Gasteiger partial charge is 0.411 e. The van der Waals surface area contributed by atoms with Gasteiger partial charge in [0.25, 0.3) is 0 Å². The molecule has 0 aliphatic carbocycles. The van der Waals surface area contributed by atoms with Crippen LogP contribution in [0.3, 0.4) is 0 Å². The summed E-state index contributed by atoms with van der Waals surface area (Å²) in [5.41, 5.74) is 3.29. The molecular formula is C18H19N5O3. The number of aromatic nitrogens is 3. The highest BCUT2D eigenvalue weighted by Gasteiger charge is 2.10. The van der Waals surface area contributed by atoms with Crippen LogP contribution in [-0.2, 0) is 9.53 Å². The Morgan fingerprint density at radius 2 is 1.85 bits per heavy atom. The number of ether oxygens (including phenoxy) is 1. The van der Waals surface area contributed by atoms with E-state index in [4.69, 9.17) is 4.74 Å². The minimum absolute atomic E-state index is 0.123. The number of anilines is 2. The largest absolute Gasteiger partial charge is 0.447 e. The molecule has 2 heterocycles. The van der Waals surface area contributed by atoms with Crippen molar-refractivity contribution in [2.45, 2.75) is 26.9 Å². The Hall–Kier alpha value is -3.42. The van der Waals surface area contributed by atoms with Crippen LogP contribution < -0.4 is 10.6 Å². The zero-order valence-electron chi connectivity index (χ0n) is 14.7. The Labute approximate surface area is 150 Å². The van der Waals surface area contributed by atoms with E-state index in [1.165, 1.54) is 13.1 Å². The maximum Gasteiger partial charge on any atom is 0.411 e. The van der Waals surface area contributed by atoms with Gasteiger partial charge in [0.1, 0.15) is 11.3 Å². The second kappa shape index (κ2) is 7.22. The molecule has 134 valence electrons. The minimum Gasteiger partial charge on any atom is -0.447 e. The van der Waals surface area contributed by atoms with Crippen molar-refractivity contribution in [1.82, 2.24) is 15.0 Å². The summed E-state index contributed by atoms with van der Waals surface area (Å²) >= 11 is 0. The number of aromatic amines is 1. The summed E-state index contributed by atoms with van der Waals surface area (Å²) in [6.07, 6.45) is 0.792. The lowest BCUT2D eigenvalue weighted by Crippen LogP contribution is -2.18. The fraction of sp³-hybridized carbons (Fsp3) is 0.222. The summed E-state index contributed by atoms with van der Waals surface area (Å²) in [5, 5.41) is 5.34. The highest BCUT2D eigenvalue weighted by atomic mass is 16.6. The fourth-order valence-corrected chi connectivity index (χ4v) is 2.38. The Bertz CT molecular complexity index is 947. The van der Waals surface area contributed by atoms with Gasteiger partial charge in [-0.1, -0.05) is 0 Å². The van der Waals surface area contributed by atoms with Crippen molar-refractivity contribution in [2.75, 3.05) is 10.6 Å². The van der Waals surface area contributed by atoms with Gasteiger partial charge >= 0.3 is 6.09 Å². The van der Waals surface area contributed by atoms with Gasteiger partial charge in [-0.25, -0.2) is 14.8 Å². The number of rotatable bonds is 4. The zero-order valence-corrected chi connectivity index (χ0v) is 14.7. The molecule has 0 aliphatic rings. The first kappa shape index (κ1) is 17.4. The van der Waals surface area contributed by atoms with Crippen LogP contribution in [0.1, 0.15) is 20.8 Å². The minimum atomic E-state index is -0.537. The fourth-order valence-electron chi connectivity index (χ4n) is 2.38. The molecule has 2 amide bonds. The summed E-state index contributed by atoms with van der Waals surface area (Å²) < 4.78 is 5.04. The molecule has 0 unspecified atom stereocenters. The van der Waals surface area contributed by atoms with Gasteiger partial charge in [0, 0.05) is 18.2 Å². The van der Waals surface area contributed by atoms with Crippen molar-refractivity contribution in [1.29, 1.82) is 0 Å². The van der Waals surface area contributed by atoms with Crippen LogP contribution in [0.2, 0.25) is 0 Å². The number of pyridine rings is 1. The lowest BCUT2D eigenvalue weighted by molar-refractivity contribution is -0.114. The second-order valence-corrected chi connectivity index (χ2v) is 6.01. The zero-order chi connectivity index (χ0) is 18.7. The molecule has 0 spiro atoms. The summed E-state index contributed by atoms with van der Waals surface area (Å²) in [7, 11) is 0. The molecule has 1 aromatic carbocycles. The topological polar surface area (TPSA) is 109 Å². The van der Waals surface area contributed by atoms with E-state index in [9.17, 15) is 9.59 Å². The van der Waals surface area contributed by atoms with Crippen LogP contribution in [0.4, 0.5) is 16.2 Å². The van der Waals surface area contributed by atoms with Crippen molar-refractivity contribution >= 4 is 34.5 Å². The van der Waals surface area contributed by atoms with E-state index in [2.05, 4.69) is 25.6 Å². The van der Waals surface area contributed by atoms with E-state index < -0.39 is 6.09 Å². The molecule has 0 aliphatic heterocycles. The van der Waals surface area contributed by atoms with Gasteiger partial charge in [0.15, 0.2) is 5.65 Å². The first-order valence-corrected chi connectivity index (χ1v) is 8.12. The number of hydrogen-bond acceptors (Lipinski definition) is 5. The van der Waals surface area contributed by atoms with Crippen molar-refractivity contribution in [3.63, 3.8) is 0 Å². The molecule has 3 rings (SSSR count). The van der Waals surface area contributed by atoms with Crippen molar-refractivity contribution in [2.24, 2.45) is 0 Å². The summed E-state index contributed by atoms with van der Waals surface area (Å²) in [4.78, 5) is 34.7. The number of H-pyrrole nitrogens is 1. The van der Waals surface area contributed by atoms with E-state index in [0.29, 0.717) is 28.4 Å². The Morgan fingerprint density at radius 1 is 1.12 bits per heavy atom. The van der Waals surface area contributed by atoms with Crippen LogP contribution in [0.15, 0.2) is 36.5 Å². The number of carbonyl (C=O) groups excluding carboxylic acids is 2. The SMILES string of the molecule is CC(=O)Nc1ccc(-c2nc3cc(NC(=O)OC(C)C)cnc3[nH]2)cc1. The number of amides is 2. The molecule has 2 aromatic heterocycles. The van der Waals surface area contributed by atoms with E-state index in [1.807, 2.05) is 12.1 Å². The number of nitrogens with one attached hydrogen (secondary N) is 3.